The van der Waals surface area contributed by atoms with Crippen molar-refractivity contribution in [3.05, 3.63) is 33.9 Å². The van der Waals surface area contributed by atoms with E-state index in [1.165, 1.54) is 6.07 Å². The molecule has 20 heavy (non-hydrogen) atoms. The highest BCUT2D eigenvalue weighted by atomic mass is 16.6. The van der Waals surface area contributed by atoms with Crippen LogP contribution in [0.2, 0.25) is 0 Å². The van der Waals surface area contributed by atoms with Crippen LogP contribution in [0.3, 0.4) is 0 Å². The molecule has 1 N–H and O–H groups in total. The van der Waals surface area contributed by atoms with Crippen LogP contribution < -0.4 is 4.90 Å². The molecule has 108 valence electrons. The van der Waals surface area contributed by atoms with Gasteiger partial charge in [-0.3, -0.25) is 14.9 Å². The number of carbonyl (C=O) groups excluding carboxylic acids is 1. The second kappa shape index (κ2) is 6.00. The first-order valence-corrected chi connectivity index (χ1v) is 6.71. The van der Waals surface area contributed by atoms with Crippen molar-refractivity contribution in [3.8, 4) is 0 Å². The number of anilines is 1. The second-order valence-electron chi connectivity index (χ2n) is 5.22. The molecule has 0 saturated heterocycles. The summed E-state index contributed by atoms with van der Waals surface area (Å²) < 4.78 is 0. The van der Waals surface area contributed by atoms with E-state index >= 15 is 0 Å². The van der Waals surface area contributed by atoms with E-state index in [0.29, 0.717) is 25.8 Å². The van der Waals surface area contributed by atoms with Gasteiger partial charge in [-0.2, -0.15) is 0 Å². The minimum absolute atomic E-state index is 0.00605. The monoisotopic (exact) mass is 278 g/mol. The Hall–Kier alpha value is -1.95. The van der Waals surface area contributed by atoms with E-state index in [9.17, 15) is 14.9 Å². The Kier molecular flexibility index (Phi) is 4.34. The Morgan fingerprint density at radius 3 is 2.85 bits per heavy atom. The molecule has 1 heterocycles. The molecule has 1 amide bonds. The minimum atomic E-state index is -0.423. The average molecular weight is 278 g/mol. The molecular formula is C14H18N2O4. The SMILES string of the molecule is CC(CO)CN1C(=O)CCCc2cc([N+](=O)[O-])ccc21. The van der Waals surface area contributed by atoms with Crippen LogP contribution in [-0.2, 0) is 11.2 Å². The minimum Gasteiger partial charge on any atom is -0.396 e. The molecule has 0 aliphatic carbocycles. The fraction of sp³-hybridized carbons (Fsp3) is 0.500. The zero-order chi connectivity index (χ0) is 14.7. The summed E-state index contributed by atoms with van der Waals surface area (Å²) in [6.07, 6.45) is 1.78. The van der Waals surface area contributed by atoms with E-state index < -0.39 is 4.92 Å². The van der Waals surface area contributed by atoms with E-state index in [1.54, 1.807) is 17.0 Å². The third kappa shape index (κ3) is 2.96. The molecule has 1 aliphatic heterocycles. The molecule has 0 saturated carbocycles. The van der Waals surface area contributed by atoms with E-state index in [4.69, 9.17) is 5.11 Å². The first kappa shape index (κ1) is 14.5. The van der Waals surface area contributed by atoms with Gasteiger partial charge >= 0.3 is 0 Å². The Morgan fingerprint density at radius 1 is 1.45 bits per heavy atom. The lowest BCUT2D eigenvalue weighted by molar-refractivity contribution is -0.384. The fourth-order valence-electron chi connectivity index (χ4n) is 2.42. The molecule has 0 radical (unpaired) electrons. The number of nitro groups is 1. The van der Waals surface area contributed by atoms with Crippen LogP contribution in [0.5, 0.6) is 0 Å². The van der Waals surface area contributed by atoms with Crippen molar-refractivity contribution in [2.45, 2.75) is 26.2 Å². The van der Waals surface area contributed by atoms with Gasteiger partial charge in [0, 0.05) is 37.4 Å². The molecule has 0 aromatic heterocycles. The molecule has 1 atom stereocenters. The third-order valence-corrected chi connectivity index (χ3v) is 3.51. The number of carbonyl (C=O) groups is 1. The number of hydrogen-bond acceptors (Lipinski definition) is 4. The summed E-state index contributed by atoms with van der Waals surface area (Å²) in [6, 6.07) is 4.61. The molecule has 0 fully saturated rings. The highest BCUT2D eigenvalue weighted by Crippen LogP contribution is 2.30. The topological polar surface area (TPSA) is 83.7 Å². The number of rotatable bonds is 4. The zero-order valence-electron chi connectivity index (χ0n) is 11.4. The number of nitro benzene ring substituents is 1. The van der Waals surface area contributed by atoms with E-state index in [2.05, 4.69) is 0 Å². The quantitative estimate of drug-likeness (QED) is 0.673. The Bertz CT molecular complexity index is 530. The van der Waals surface area contributed by atoms with E-state index in [-0.39, 0.29) is 24.1 Å². The molecule has 1 unspecified atom stereocenters. The molecule has 2 rings (SSSR count). The average Bonchev–Trinajstić information content (AvgIpc) is 2.58. The molecule has 1 aliphatic rings. The van der Waals surface area contributed by atoms with Crippen molar-refractivity contribution in [3.63, 3.8) is 0 Å². The standard InChI is InChI=1S/C14H18N2O4/c1-10(9-17)8-15-13-6-5-12(16(19)20)7-11(13)3-2-4-14(15)18/h5-7,10,17H,2-4,8-9H2,1H3. The van der Waals surface area contributed by atoms with Crippen LogP contribution in [0.25, 0.3) is 0 Å². The van der Waals surface area contributed by atoms with Crippen molar-refractivity contribution < 1.29 is 14.8 Å². The van der Waals surface area contributed by atoms with Gasteiger partial charge in [-0.1, -0.05) is 6.92 Å². The lowest BCUT2D eigenvalue weighted by atomic mass is 10.1. The highest BCUT2D eigenvalue weighted by Gasteiger charge is 2.25. The van der Waals surface area contributed by atoms with Crippen molar-refractivity contribution in [1.29, 1.82) is 0 Å². The fourth-order valence-corrected chi connectivity index (χ4v) is 2.42. The van der Waals surface area contributed by atoms with Gasteiger partial charge < -0.3 is 10.0 Å². The number of aliphatic hydroxyl groups is 1. The molecular weight excluding hydrogens is 260 g/mol. The molecule has 0 spiro atoms. The van der Waals surface area contributed by atoms with Crippen LogP contribution >= 0.6 is 0 Å². The first-order valence-electron chi connectivity index (χ1n) is 6.71. The van der Waals surface area contributed by atoms with Crippen LogP contribution in [-0.4, -0.2) is 29.1 Å². The van der Waals surface area contributed by atoms with Crippen molar-refractivity contribution >= 4 is 17.3 Å². The summed E-state index contributed by atoms with van der Waals surface area (Å²) in [5.74, 6) is -0.0157. The van der Waals surface area contributed by atoms with E-state index in [1.807, 2.05) is 6.92 Å². The summed E-state index contributed by atoms with van der Waals surface area (Å²) >= 11 is 0. The predicted molar refractivity (Wildman–Crippen MR) is 74.6 cm³/mol. The number of non-ortho nitro benzene ring substituents is 1. The number of nitrogens with zero attached hydrogens (tertiary/aromatic N) is 2. The summed E-state index contributed by atoms with van der Waals surface area (Å²) in [5.41, 5.74) is 1.61. The maximum absolute atomic E-state index is 12.2. The molecule has 6 nitrogen and oxygen atoms in total. The lowest BCUT2D eigenvalue weighted by Crippen LogP contribution is -2.35. The maximum atomic E-state index is 12.2. The van der Waals surface area contributed by atoms with Gasteiger partial charge in [-0.25, -0.2) is 0 Å². The van der Waals surface area contributed by atoms with Crippen molar-refractivity contribution in [2.75, 3.05) is 18.1 Å². The normalized spacial score (nSPS) is 16.5. The lowest BCUT2D eigenvalue weighted by Gasteiger charge is -2.25. The van der Waals surface area contributed by atoms with Crippen LogP contribution in [0.1, 0.15) is 25.3 Å². The van der Waals surface area contributed by atoms with Crippen LogP contribution in [0.4, 0.5) is 11.4 Å². The molecule has 1 aromatic carbocycles. The summed E-state index contributed by atoms with van der Waals surface area (Å²) in [5, 5.41) is 20.0. The number of aryl methyl sites for hydroxylation is 1. The first-order chi connectivity index (χ1) is 9.52. The van der Waals surface area contributed by atoms with Gasteiger partial charge in [0.05, 0.1) is 4.92 Å². The molecule has 1 aromatic rings. The van der Waals surface area contributed by atoms with Crippen LogP contribution in [0.15, 0.2) is 18.2 Å². The zero-order valence-corrected chi connectivity index (χ0v) is 11.4. The number of benzene rings is 1. The molecule has 6 heteroatoms. The molecule has 0 bridgehead atoms. The summed E-state index contributed by atoms with van der Waals surface area (Å²) in [4.78, 5) is 24.2. The van der Waals surface area contributed by atoms with Gasteiger partial charge in [-0.15, -0.1) is 0 Å². The summed E-state index contributed by atoms with van der Waals surface area (Å²) in [6.45, 7) is 2.30. The maximum Gasteiger partial charge on any atom is 0.269 e. The van der Waals surface area contributed by atoms with Crippen LogP contribution in [0, 0.1) is 16.0 Å². The second-order valence-corrected chi connectivity index (χ2v) is 5.22. The van der Waals surface area contributed by atoms with Gasteiger partial charge in [-0.05, 0) is 30.4 Å². The Morgan fingerprint density at radius 2 is 2.20 bits per heavy atom. The summed E-state index contributed by atoms with van der Waals surface area (Å²) in [7, 11) is 0. The highest BCUT2D eigenvalue weighted by molar-refractivity contribution is 5.95. The van der Waals surface area contributed by atoms with Gasteiger partial charge in [0.2, 0.25) is 5.91 Å². The smallest absolute Gasteiger partial charge is 0.269 e. The number of aliphatic hydroxyl groups excluding tert-OH is 1. The predicted octanol–water partition coefficient (Wildman–Crippen LogP) is 1.89. The van der Waals surface area contributed by atoms with Crippen molar-refractivity contribution in [1.82, 2.24) is 0 Å². The van der Waals surface area contributed by atoms with Crippen molar-refractivity contribution in [2.24, 2.45) is 5.92 Å². The number of amides is 1. The number of hydrogen-bond donors (Lipinski definition) is 1. The largest absolute Gasteiger partial charge is 0.396 e. The third-order valence-electron chi connectivity index (χ3n) is 3.51. The Labute approximate surface area is 117 Å². The van der Waals surface area contributed by atoms with E-state index in [0.717, 1.165) is 11.3 Å². The number of fused-ring (bicyclic) bond motifs is 1. The Balaban J connectivity index is 2.38. The van der Waals surface area contributed by atoms with Gasteiger partial charge in [0.15, 0.2) is 0 Å². The van der Waals surface area contributed by atoms with Gasteiger partial charge in [0.1, 0.15) is 0 Å². The van der Waals surface area contributed by atoms with Gasteiger partial charge in [0.25, 0.3) is 5.69 Å².